The van der Waals surface area contributed by atoms with E-state index in [0.717, 1.165) is 42.6 Å². The van der Waals surface area contributed by atoms with Crippen LogP contribution in [-0.4, -0.2) is 42.1 Å². The lowest BCUT2D eigenvalue weighted by Gasteiger charge is -2.35. The molecule has 24 heavy (non-hydrogen) atoms. The first kappa shape index (κ1) is 17.0. The van der Waals surface area contributed by atoms with Gasteiger partial charge in [-0.15, -0.1) is 0 Å². The van der Waals surface area contributed by atoms with Crippen LogP contribution in [-0.2, 0) is 4.74 Å². The van der Waals surface area contributed by atoms with Gasteiger partial charge in [0.1, 0.15) is 5.69 Å². The zero-order valence-electron chi connectivity index (χ0n) is 15.2. The Morgan fingerprint density at radius 2 is 2.08 bits per heavy atom. The van der Waals surface area contributed by atoms with Crippen molar-refractivity contribution in [3.8, 4) is 0 Å². The third-order valence-electron chi connectivity index (χ3n) is 5.27. The predicted molar refractivity (Wildman–Crippen MR) is 97.7 cm³/mol. The maximum absolute atomic E-state index is 13.2. The van der Waals surface area contributed by atoms with E-state index in [9.17, 15) is 4.79 Å². The van der Waals surface area contributed by atoms with E-state index in [2.05, 4.69) is 42.8 Å². The van der Waals surface area contributed by atoms with E-state index in [1.807, 2.05) is 0 Å². The van der Waals surface area contributed by atoms with E-state index < -0.39 is 0 Å². The number of carbonyl (C=O) groups excluding carboxylic acids is 1. The molecule has 1 aromatic carbocycles. The number of aromatic amines is 1. The summed E-state index contributed by atoms with van der Waals surface area (Å²) in [6.07, 6.45) is 4.28. The number of nitrogens with zero attached hydrogens (tertiary/aromatic N) is 1. The number of ether oxygens (including phenoxy) is 1. The molecule has 1 atom stereocenters. The van der Waals surface area contributed by atoms with Crippen LogP contribution in [0.1, 0.15) is 52.9 Å². The minimum Gasteiger partial charge on any atom is -0.385 e. The highest BCUT2D eigenvalue weighted by Crippen LogP contribution is 2.29. The van der Waals surface area contributed by atoms with Crippen molar-refractivity contribution >= 4 is 16.8 Å². The van der Waals surface area contributed by atoms with Crippen LogP contribution in [0.4, 0.5) is 0 Å². The molecule has 2 heterocycles. The molecule has 4 nitrogen and oxygen atoms in total. The lowest BCUT2D eigenvalue weighted by atomic mass is 9.98. The molecule has 1 fully saturated rings. The lowest BCUT2D eigenvalue weighted by molar-refractivity contribution is 0.0547. The predicted octanol–water partition coefficient (Wildman–Crippen LogP) is 4.12. The van der Waals surface area contributed by atoms with Crippen molar-refractivity contribution in [1.82, 2.24) is 9.88 Å². The van der Waals surface area contributed by atoms with Crippen LogP contribution in [0.5, 0.6) is 0 Å². The SMILES string of the molecule is COCC[C@@H]1CCCCN1C(=O)c1[nH]c2c(C)cc(C)cc2c1C. The number of aromatic nitrogens is 1. The molecule has 1 N–H and O–H groups in total. The summed E-state index contributed by atoms with van der Waals surface area (Å²) in [4.78, 5) is 18.7. The van der Waals surface area contributed by atoms with Gasteiger partial charge in [-0.1, -0.05) is 11.6 Å². The summed E-state index contributed by atoms with van der Waals surface area (Å²) >= 11 is 0. The Kier molecular flexibility index (Phi) is 4.95. The average molecular weight is 328 g/mol. The second-order valence-electron chi connectivity index (χ2n) is 7.06. The van der Waals surface area contributed by atoms with Crippen LogP contribution in [0.15, 0.2) is 12.1 Å². The van der Waals surface area contributed by atoms with E-state index >= 15 is 0 Å². The fraction of sp³-hybridized carbons (Fsp3) is 0.550. The quantitative estimate of drug-likeness (QED) is 0.917. The van der Waals surface area contributed by atoms with E-state index in [-0.39, 0.29) is 5.91 Å². The summed E-state index contributed by atoms with van der Waals surface area (Å²) in [6.45, 7) is 7.81. The van der Waals surface area contributed by atoms with E-state index in [0.29, 0.717) is 12.6 Å². The lowest BCUT2D eigenvalue weighted by Crippen LogP contribution is -2.44. The molecule has 0 radical (unpaired) electrons. The zero-order valence-corrected chi connectivity index (χ0v) is 15.2. The maximum atomic E-state index is 13.2. The molecule has 0 spiro atoms. The number of nitrogens with one attached hydrogen (secondary N) is 1. The molecule has 0 aliphatic carbocycles. The van der Waals surface area contributed by atoms with Gasteiger partial charge in [-0.2, -0.15) is 0 Å². The number of piperidine rings is 1. The third-order valence-corrected chi connectivity index (χ3v) is 5.27. The van der Waals surface area contributed by atoms with Gasteiger partial charge in [0.05, 0.1) is 0 Å². The number of rotatable bonds is 4. The molecule has 1 amide bonds. The van der Waals surface area contributed by atoms with Crippen molar-refractivity contribution in [3.05, 3.63) is 34.5 Å². The molecular weight excluding hydrogens is 300 g/mol. The van der Waals surface area contributed by atoms with E-state index in [1.54, 1.807) is 7.11 Å². The van der Waals surface area contributed by atoms with Crippen LogP contribution in [0.2, 0.25) is 0 Å². The largest absolute Gasteiger partial charge is 0.385 e. The molecule has 4 heteroatoms. The summed E-state index contributed by atoms with van der Waals surface area (Å²) in [5.74, 6) is 0.140. The van der Waals surface area contributed by atoms with Gasteiger partial charge in [-0.25, -0.2) is 0 Å². The number of hydrogen-bond donors (Lipinski definition) is 1. The number of hydrogen-bond acceptors (Lipinski definition) is 2. The smallest absolute Gasteiger partial charge is 0.270 e. The standard InChI is InChI=1S/C20H28N2O2/c1-13-11-14(2)18-17(12-13)15(3)19(21-18)20(23)22-9-6-5-7-16(22)8-10-24-4/h11-12,16,21H,5-10H2,1-4H3/t16-/m0/s1. The van der Waals surface area contributed by atoms with E-state index in [4.69, 9.17) is 4.74 Å². The number of fused-ring (bicyclic) bond motifs is 1. The highest BCUT2D eigenvalue weighted by molar-refractivity contribution is 6.02. The highest BCUT2D eigenvalue weighted by Gasteiger charge is 2.29. The summed E-state index contributed by atoms with van der Waals surface area (Å²) in [5, 5.41) is 1.17. The molecule has 1 aliphatic heterocycles. The third kappa shape index (κ3) is 3.07. The van der Waals surface area contributed by atoms with Gasteiger partial charge in [0, 0.05) is 37.2 Å². The molecule has 0 bridgehead atoms. The summed E-state index contributed by atoms with van der Waals surface area (Å²) in [7, 11) is 1.72. The number of amides is 1. The second kappa shape index (κ2) is 6.98. The van der Waals surface area contributed by atoms with Gasteiger partial charge in [0.15, 0.2) is 0 Å². The van der Waals surface area contributed by atoms with Crippen molar-refractivity contribution < 1.29 is 9.53 Å². The summed E-state index contributed by atoms with van der Waals surface area (Å²) in [6, 6.07) is 4.62. The van der Waals surface area contributed by atoms with Crippen molar-refractivity contribution in [3.63, 3.8) is 0 Å². The topological polar surface area (TPSA) is 45.3 Å². The molecular formula is C20H28N2O2. The molecule has 0 saturated carbocycles. The molecule has 1 saturated heterocycles. The minimum atomic E-state index is 0.140. The fourth-order valence-electron chi connectivity index (χ4n) is 3.96. The van der Waals surface area contributed by atoms with Crippen LogP contribution in [0, 0.1) is 20.8 Å². The fourth-order valence-corrected chi connectivity index (χ4v) is 3.96. The molecule has 3 rings (SSSR count). The van der Waals surface area contributed by atoms with Crippen molar-refractivity contribution in [2.24, 2.45) is 0 Å². The van der Waals surface area contributed by atoms with Crippen molar-refractivity contribution in [2.75, 3.05) is 20.3 Å². The summed E-state index contributed by atoms with van der Waals surface area (Å²) < 4.78 is 5.23. The van der Waals surface area contributed by atoms with Gasteiger partial charge >= 0.3 is 0 Å². The van der Waals surface area contributed by atoms with Crippen LogP contribution >= 0.6 is 0 Å². The summed E-state index contributed by atoms with van der Waals surface area (Å²) in [5.41, 5.74) is 5.34. The van der Waals surface area contributed by atoms with Crippen LogP contribution in [0.3, 0.4) is 0 Å². The average Bonchev–Trinajstić information content (AvgIpc) is 2.90. The number of carbonyl (C=O) groups is 1. The van der Waals surface area contributed by atoms with Crippen molar-refractivity contribution in [1.29, 1.82) is 0 Å². The van der Waals surface area contributed by atoms with Gasteiger partial charge < -0.3 is 14.6 Å². The Morgan fingerprint density at radius 1 is 1.29 bits per heavy atom. The Morgan fingerprint density at radius 3 is 2.83 bits per heavy atom. The Bertz CT molecular complexity index is 748. The van der Waals surface area contributed by atoms with Gasteiger partial charge in [0.25, 0.3) is 5.91 Å². The zero-order chi connectivity index (χ0) is 17.3. The maximum Gasteiger partial charge on any atom is 0.270 e. The second-order valence-corrected chi connectivity index (χ2v) is 7.06. The van der Waals surface area contributed by atoms with Crippen LogP contribution in [0.25, 0.3) is 10.9 Å². The van der Waals surface area contributed by atoms with Gasteiger partial charge in [0.2, 0.25) is 0 Å². The number of likely N-dealkylation sites (tertiary alicyclic amines) is 1. The number of methoxy groups -OCH3 is 1. The van der Waals surface area contributed by atoms with Gasteiger partial charge in [-0.05, 0) is 63.6 Å². The molecule has 1 aromatic heterocycles. The minimum absolute atomic E-state index is 0.140. The highest BCUT2D eigenvalue weighted by atomic mass is 16.5. The molecule has 1 aliphatic rings. The molecule has 2 aromatic rings. The van der Waals surface area contributed by atoms with Gasteiger partial charge in [-0.3, -0.25) is 4.79 Å². The first-order chi connectivity index (χ1) is 11.5. The van der Waals surface area contributed by atoms with Crippen molar-refractivity contribution in [2.45, 2.75) is 52.5 Å². The van der Waals surface area contributed by atoms with Crippen LogP contribution < -0.4 is 0 Å². The Balaban J connectivity index is 1.95. The molecule has 0 unspecified atom stereocenters. The first-order valence-corrected chi connectivity index (χ1v) is 8.92. The first-order valence-electron chi connectivity index (χ1n) is 8.92. The number of H-pyrrole nitrogens is 1. The Labute approximate surface area is 144 Å². The monoisotopic (exact) mass is 328 g/mol. The number of aryl methyl sites for hydroxylation is 3. The normalized spacial score (nSPS) is 18.3. The number of benzene rings is 1. The molecule has 130 valence electrons. The van der Waals surface area contributed by atoms with E-state index in [1.165, 1.54) is 22.9 Å². The Hall–Kier alpha value is -1.81.